The third-order valence-corrected chi connectivity index (χ3v) is 5.37. The summed E-state index contributed by atoms with van der Waals surface area (Å²) in [7, 11) is 0. The maximum Gasteiger partial charge on any atom is 0.246 e. The number of nitrogens with one attached hydrogen (secondary N) is 1. The number of aromatic nitrogens is 2. The molecule has 0 spiro atoms. The van der Waals surface area contributed by atoms with Crippen LogP contribution in [-0.4, -0.2) is 47.0 Å². The second kappa shape index (κ2) is 9.60. The standard InChI is InChI=1S/C25H26FN5O/c1-18-7-10-21(11-8-18)28-25-27-19(2)17-23(29-25)30-13-15-31(16-14-30)24(32)12-9-20-5-3-4-6-22(20)26/h3-12,17H,13-16H2,1-2H3,(H,27,28,29)/b12-9+. The Bertz CT molecular complexity index is 1120. The van der Waals surface area contributed by atoms with E-state index in [4.69, 9.17) is 0 Å². The highest BCUT2D eigenvalue weighted by Gasteiger charge is 2.21. The zero-order chi connectivity index (χ0) is 22.5. The van der Waals surface area contributed by atoms with Gasteiger partial charge in [0, 0.05) is 55.3 Å². The lowest BCUT2D eigenvalue weighted by molar-refractivity contribution is -0.126. The Balaban J connectivity index is 1.38. The number of hydrogen-bond acceptors (Lipinski definition) is 5. The van der Waals surface area contributed by atoms with Gasteiger partial charge in [-0.15, -0.1) is 0 Å². The number of nitrogens with zero attached hydrogens (tertiary/aromatic N) is 4. The molecule has 0 atom stereocenters. The van der Waals surface area contributed by atoms with E-state index in [1.54, 1.807) is 23.1 Å². The van der Waals surface area contributed by atoms with Crippen LogP contribution >= 0.6 is 0 Å². The SMILES string of the molecule is Cc1ccc(Nc2nc(C)cc(N3CCN(C(=O)/C=C/c4ccccc4F)CC3)n2)cc1. The minimum Gasteiger partial charge on any atom is -0.353 e. The highest BCUT2D eigenvalue weighted by atomic mass is 19.1. The largest absolute Gasteiger partial charge is 0.353 e. The molecule has 3 aromatic rings. The van der Waals surface area contributed by atoms with E-state index < -0.39 is 0 Å². The number of aryl methyl sites for hydroxylation is 2. The molecule has 1 aliphatic rings. The predicted molar refractivity (Wildman–Crippen MR) is 125 cm³/mol. The lowest BCUT2D eigenvalue weighted by Gasteiger charge is -2.35. The highest BCUT2D eigenvalue weighted by Crippen LogP contribution is 2.20. The number of hydrogen-bond donors (Lipinski definition) is 1. The minimum absolute atomic E-state index is 0.117. The molecule has 1 aromatic heterocycles. The molecule has 32 heavy (non-hydrogen) atoms. The summed E-state index contributed by atoms with van der Waals surface area (Å²) in [6.45, 7) is 6.47. The molecule has 1 amide bonds. The van der Waals surface area contributed by atoms with Crippen molar-refractivity contribution in [2.24, 2.45) is 0 Å². The molecule has 0 saturated carbocycles. The molecule has 4 rings (SSSR count). The van der Waals surface area contributed by atoms with Gasteiger partial charge >= 0.3 is 0 Å². The molecule has 2 aromatic carbocycles. The lowest BCUT2D eigenvalue weighted by Crippen LogP contribution is -2.48. The summed E-state index contributed by atoms with van der Waals surface area (Å²) in [6.07, 6.45) is 2.97. The molecular formula is C25H26FN5O. The Labute approximate surface area is 187 Å². The quantitative estimate of drug-likeness (QED) is 0.609. The normalized spacial score (nSPS) is 14.1. The van der Waals surface area contributed by atoms with Crippen molar-refractivity contribution in [1.82, 2.24) is 14.9 Å². The van der Waals surface area contributed by atoms with Gasteiger partial charge < -0.3 is 15.1 Å². The number of rotatable bonds is 5. The fourth-order valence-electron chi connectivity index (χ4n) is 3.57. The van der Waals surface area contributed by atoms with Gasteiger partial charge in [0.15, 0.2) is 0 Å². The van der Waals surface area contributed by atoms with E-state index in [2.05, 4.69) is 20.2 Å². The van der Waals surface area contributed by atoms with E-state index in [0.717, 1.165) is 17.2 Å². The molecule has 1 aliphatic heterocycles. The van der Waals surface area contributed by atoms with Gasteiger partial charge in [-0.3, -0.25) is 4.79 Å². The van der Waals surface area contributed by atoms with Crippen LogP contribution in [0.3, 0.4) is 0 Å². The first-order chi connectivity index (χ1) is 15.5. The van der Waals surface area contributed by atoms with Gasteiger partial charge in [0.2, 0.25) is 11.9 Å². The number of carbonyl (C=O) groups excluding carboxylic acids is 1. The maximum atomic E-state index is 13.7. The van der Waals surface area contributed by atoms with Gasteiger partial charge in [-0.2, -0.15) is 4.98 Å². The molecule has 0 unspecified atom stereocenters. The summed E-state index contributed by atoms with van der Waals surface area (Å²) in [4.78, 5) is 25.6. The smallest absolute Gasteiger partial charge is 0.246 e. The van der Waals surface area contributed by atoms with Crippen molar-refractivity contribution in [2.75, 3.05) is 36.4 Å². The molecule has 0 bridgehead atoms. The zero-order valence-corrected chi connectivity index (χ0v) is 18.3. The molecule has 164 valence electrons. The molecule has 7 heteroatoms. The van der Waals surface area contributed by atoms with Crippen LogP contribution in [0.15, 0.2) is 60.7 Å². The number of benzene rings is 2. The zero-order valence-electron chi connectivity index (χ0n) is 18.3. The third-order valence-electron chi connectivity index (χ3n) is 5.37. The number of halogens is 1. The van der Waals surface area contributed by atoms with E-state index >= 15 is 0 Å². The molecule has 2 heterocycles. The summed E-state index contributed by atoms with van der Waals surface area (Å²) in [5.41, 5.74) is 3.40. The van der Waals surface area contributed by atoms with Gasteiger partial charge in [0.1, 0.15) is 11.6 Å². The van der Waals surface area contributed by atoms with E-state index in [9.17, 15) is 9.18 Å². The second-order valence-corrected chi connectivity index (χ2v) is 7.85. The number of piperazine rings is 1. The molecule has 0 aliphatic carbocycles. The van der Waals surface area contributed by atoms with Crippen molar-refractivity contribution in [3.05, 3.63) is 83.3 Å². The van der Waals surface area contributed by atoms with Crippen LogP contribution in [0.5, 0.6) is 0 Å². The van der Waals surface area contributed by atoms with E-state index in [1.807, 2.05) is 44.2 Å². The average molecular weight is 432 g/mol. The Morgan fingerprint density at radius 2 is 1.72 bits per heavy atom. The first-order valence-corrected chi connectivity index (χ1v) is 10.6. The van der Waals surface area contributed by atoms with Gasteiger partial charge in [-0.25, -0.2) is 9.37 Å². The predicted octanol–water partition coefficient (Wildman–Crippen LogP) is 4.34. The van der Waals surface area contributed by atoms with Crippen LogP contribution in [0.4, 0.5) is 21.8 Å². The van der Waals surface area contributed by atoms with Crippen LogP contribution in [0.1, 0.15) is 16.8 Å². The molecule has 1 fully saturated rings. The van der Waals surface area contributed by atoms with E-state index in [-0.39, 0.29) is 11.7 Å². The van der Waals surface area contributed by atoms with Crippen LogP contribution in [-0.2, 0) is 4.79 Å². The van der Waals surface area contributed by atoms with Crippen molar-refractivity contribution in [3.63, 3.8) is 0 Å². The van der Waals surface area contributed by atoms with Crippen molar-refractivity contribution in [1.29, 1.82) is 0 Å². The monoisotopic (exact) mass is 431 g/mol. The molecule has 1 saturated heterocycles. The highest BCUT2D eigenvalue weighted by molar-refractivity contribution is 5.92. The fraction of sp³-hybridized carbons (Fsp3) is 0.240. The van der Waals surface area contributed by atoms with Crippen LogP contribution in [0.2, 0.25) is 0 Å². The van der Waals surface area contributed by atoms with E-state index in [1.165, 1.54) is 23.8 Å². The average Bonchev–Trinajstić information content (AvgIpc) is 2.79. The maximum absolute atomic E-state index is 13.7. The summed E-state index contributed by atoms with van der Waals surface area (Å²) < 4.78 is 13.7. The Morgan fingerprint density at radius 1 is 1.00 bits per heavy atom. The Kier molecular flexibility index (Phi) is 6.44. The fourth-order valence-corrected chi connectivity index (χ4v) is 3.57. The first-order valence-electron chi connectivity index (χ1n) is 10.6. The summed E-state index contributed by atoms with van der Waals surface area (Å²) in [5.74, 6) is 0.931. The topological polar surface area (TPSA) is 61.4 Å². The molecular weight excluding hydrogens is 405 g/mol. The van der Waals surface area contributed by atoms with Crippen molar-refractivity contribution in [3.8, 4) is 0 Å². The first kappa shape index (κ1) is 21.5. The van der Waals surface area contributed by atoms with Crippen LogP contribution in [0, 0.1) is 19.7 Å². The lowest BCUT2D eigenvalue weighted by atomic mass is 10.2. The van der Waals surface area contributed by atoms with Crippen LogP contribution in [0.25, 0.3) is 6.08 Å². The van der Waals surface area contributed by atoms with Crippen molar-refractivity contribution >= 4 is 29.4 Å². The Morgan fingerprint density at radius 3 is 2.44 bits per heavy atom. The number of amides is 1. The van der Waals surface area contributed by atoms with Crippen LogP contribution < -0.4 is 10.2 Å². The summed E-state index contributed by atoms with van der Waals surface area (Å²) in [6, 6.07) is 16.4. The second-order valence-electron chi connectivity index (χ2n) is 7.85. The molecule has 1 N–H and O–H groups in total. The molecule has 6 nitrogen and oxygen atoms in total. The number of carbonyl (C=O) groups is 1. The van der Waals surface area contributed by atoms with E-state index in [0.29, 0.717) is 37.7 Å². The molecule has 0 radical (unpaired) electrons. The Hall–Kier alpha value is -3.74. The van der Waals surface area contributed by atoms with Crippen molar-refractivity contribution < 1.29 is 9.18 Å². The summed E-state index contributed by atoms with van der Waals surface area (Å²) >= 11 is 0. The van der Waals surface area contributed by atoms with Gasteiger partial charge in [0.25, 0.3) is 0 Å². The third kappa shape index (κ3) is 5.29. The minimum atomic E-state index is -0.337. The van der Waals surface area contributed by atoms with Gasteiger partial charge in [-0.1, -0.05) is 35.9 Å². The van der Waals surface area contributed by atoms with Crippen molar-refractivity contribution in [2.45, 2.75) is 13.8 Å². The van der Waals surface area contributed by atoms with Gasteiger partial charge in [-0.05, 0) is 38.1 Å². The summed E-state index contributed by atoms with van der Waals surface area (Å²) in [5, 5.41) is 3.26. The van der Waals surface area contributed by atoms with Gasteiger partial charge in [0.05, 0.1) is 0 Å². The number of anilines is 3.